The molecule has 0 atom stereocenters. The van der Waals surface area contributed by atoms with Crippen LogP contribution in [0.25, 0.3) is 0 Å². The fourth-order valence-corrected chi connectivity index (χ4v) is 3.38. The van der Waals surface area contributed by atoms with Crippen molar-refractivity contribution in [3.05, 3.63) is 23.8 Å². The Kier molecular flexibility index (Phi) is 2.18. The van der Waals surface area contributed by atoms with Gasteiger partial charge in [-0.25, -0.2) is 0 Å². The van der Waals surface area contributed by atoms with Gasteiger partial charge in [-0.3, -0.25) is 4.79 Å². The number of rotatable bonds is 0. The van der Waals surface area contributed by atoms with Crippen LogP contribution in [0.1, 0.15) is 37.7 Å². The van der Waals surface area contributed by atoms with Gasteiger partial charge in [0, 0.05) is 12.7 Å². The number of phenols is 1. The van der Waals surface area contributed by atoms with Gasteiger partial charge in [0.15, 0.2) is 0 Å². The summed E-state index contributed by atoms with van der Waals surface area (Å²) in [4.78, 5) is 14.2. The molecule has 1 aliphatic carbocycles. The Morgan fingerprint density at radius 1 is 1.24 bits per heavy atom. The monoisotopic (exact) mass is 231 g/mol. The Morgan fingerprint density at radius 3 is 2.65 bits per heavy atom. The average Bonchev–Trinajstić information content (AvgIpc) is 2.54. The lowest BCUT2D eigenvalue weighted by Gasteiger charge is -2.32. The molecule has 2 aliphatic rings. The van der Waals surface area contributed by atoms with E-state index in [0.29, 0.717) is 0 Å². The number of amides is 1. The molecule has 1 fully saturated rings. The standard InChI is InChI=1S/C14H17NO2/c1-15-12-6-5-10(16)9-11(12)14(13(15)17)7-3-2-4-8-14/h5-6,9,16H,2-4,7-8H2,1H3. The third-order valence-electron chi connectivity index (χ3n) is 4.28. The molecule has 1 spiro atoms. The number of benzene rings is 1. The van der Waals surface area contributed by atoms with E-state index >= 15 is 0 Å². The van der Waals surface area contributed by atoms with Crippen molar-refractivity contribution in [2.75, 3.05) is 11.9 Å². The zero-order valence-corrected chi connectivity index (χ0v) is 10.1. The van der Waals surface area contributed by atoms with Gasteiger partial charge in [0.25, 0.3) is 0 Å². The highest BCUT2D eigenvalue weighted by Crippen LogP contribution is 2.50. The minimum atomic E-state index is -0.346. The summed E-state index contributed by atoms with van der Waals surface area (Å²) in [7, 11) is 1.83. The lowest BCUT2D eigenvalue weighted by atomic mass is 9.70. The normalized spacial score (nSPS) is 21.9. The van der Waals surface area contributed by atoms with Gasteiger partial charge in [-0.15, -0.1) is 0 Å². The highest BCUT2D eigenvalue weighted by atomic mass is 16.3. The molecule has 1 saturated carbocycles. The number of hydrogen-bond acceptors (Lipinski definition) is 2. The SMILES string of the molecule is CN1C(=O)C2(CCCCC2)c2cc(O)ccc21. The first kappa shape index (κ1) is 10.6. The van der Waals surface area contributed by atoms with E-state index < -0.39 is 0 Å². The second-order valence-corrected chi connectivity index (χ2v) is 5.21. The molecule has 3 rings (SSSR count). The van der Waals surface area contributed by atoms with Crippen molar-refractivity contribution >= 4 is 11.6 Å². The Balaban J connectivity index is 2.18. The van der Waals surface area contributed by atoms with Crippen LogP contribution in [0.4, 0.5) is 5.69 Å². The molecule has 17 heavy (non-hydrogen) atoms. The maximum Gasteiger partial charge on any atom is 0.237 e. The summed E-state index contributed by atoms with van der Waals surface area (Å²) in [5, 5.41) is 9.65. The van der Waals surface area contributed by atoms with Crippen LogP contribution in [0.2, 0.25) is 0 Å². The predicted molar refractivity (Wildman–Crippen MR) is 66.3 cm³/mol. The minimum Gasteiger partial charge on any atom is -0.508 e. The van der Waals surface area contributed by atoms with Gasteiger partial charge in [0.2, 0.25) is 5.91 Å². The van der Waals surface area contributed by atoms with Gasteiger partial charge in [-0.1, -0.05) is 19.3 Å². The van der Waals surface area contributed by atoms with Crippen LogP contribution in [0.3, 0.4) is 0 Å². The number of hydrogen-bond donors (Lipinski definition) is 1. The average molecular weight is 231 g/mol. The van der Waals surface area contributed by atoms with E-state index in [0.717, 1.165) is 36.9 Å². The summed E-state index contributed by atoms with van der Waals surface area (Å²) >= 11 is 0. The van der Waals surface area contributed by atoms with Gasteiger partial charge < -0.3 is 10.0 Å². The summed E-state index contributed by atoms with van der Waals surface area (Å²) in [6, 6.07) is 5.29. The number of carbonyl (C=O) groups excluding carboxylic acids is 1. The first-order valence-electron chi connectivity index (χ1n) is 6.27. The van der Waals surface area contributed by atoms with Crippen molar-refractivity contribution in [3.63, 3.8) is 0 Å². The van der Waals surface area contributed by atoms with E-state index in [1.165, 1.54) is 6.42 Å². The molecular formula is C14H17NO2. The molecule has 1 N–H and O–H groups in total. The molecule has 0 bridgehead atoms. The van der Waals surface area contributed by atoms with Crippen molar-refractivity contribution < 1.29 is 9.90 Å². The van der Waals surface area contributed by atoms with Crippen LogP contribution in [0.15, 0.2) is 18.2 Å². The topological polar surface area (TPSA) is 40.5 Å². The summed E-state index contributed by atoms with van der Waals surface area (Å²) in [6.07, 6.45) is 5.27. The Labute approximate surface area is 101 Å². The number of aromatic hydroxyl groups is 1. The Morgan fingerprint density at radius 2 is 1.94 bits per heavy atom. The highest BCUT2D eigenvalue weighted by Gasteiger charge is 2.49. The van der Waals surface area contributed by atoms with Crippen molar-refractivity contribution in [1.82, 2.24) is 0 Å². The fourth-order valence-electron chi connectivity index (χ4n) is 3.38. The summed E-state index contributed by atoms with van der Waals surface area (Å²) in [6.45, 7) is 0. The van der Waals surface area contributed by atoms with E-state index in [9.17, 15) is 9.90 Å². The third-order valence-corrected chi connectivity index (χ3v) is 4.28. The van der Waals surface area contributed by atoms with Crippen LogP contribution in [0, 0.1) is 0 Å². The number of nitrogens with zero attached hydrogens (tertiary/aromatic N) is 1. The molecule has 1 aliphatic heterocycles. The van der Waals surface area contributed by atoms with Crippen molar-refractivity contribution in [2.45, 2.75) is 37.5 Å². The lowest BCUT2D eigenvalue weighted by Crippen LogP contribution is -2.40. The molecule has 90 valence electrons. The van der Waals surface area contributed by atoms with Gasteiger partial charge in [0.05, 0.1) is 5.41 Å². The second kappa shape index (κ2) is 3.49. The summed E-state index contributed by atoms with van der Waals surface area (Å²) < 4.78 is 0. The largest absolute Gasteiger partial charge is 0.508 e. The zero-order chi connectivity index (χ0) is 12.0. The molecule has 3 heteroatoms. The quantitative estimate of drug-likeness (QED) is 0.745. The molecule has 0 radical (unpaired) electrons. The fraction of sp³-hybridized carbons (Fsp3) is 0.500. The molecule has 0 unspecified atom stereocenters. The number of phenolic OH excluding ortho intramolecular Hbond substituents is 1. The molecule has 1 aromatic rings. The predicted octanol–water partition coefficient (Wildman–Crippen LogP) is 2.57. The van der Waals surface area contributed by atoms with Gasteiger partial charge >= 0.3 is 0 Å². The Bertz CT molecular complexity index is 475. The van der Waals surface area contributed by atoms with E-state index in [1.54, 1.807) is 17.0 Å². The molecule has 1 aromatic carbocycles. The molecule has 1 amide bonds. The van der Waals surface area contributed by atoms with Crippen molar-refractivity contribution in [1.29, 1.82) is 0 Å². The first-order valence-corrected chi connectivity index (χ1v) is 6.27. The molecular weight excluding hydrogens is 214 g/mol. The summed E-state index contributed by atoms with van der Waals surface area (Å²) in [5.74, 6) is 0.467. The second-order valence-electron chi connectivity index (χ2n) is 5.21. The molecule has 0 aromatic heterocycles. The smallest absolute Gasteiger partial charge is 0.237 e. The first-order chi connectivity index (χ1) is 8.15. The van der Waals surface area contributed by atoms with Crippen molar-refractivity contribution in [2.24, 2.45) is 0 Å². The molecule has 0 saturated heterocycles. The molecule has 1 heterocycles. The lowest BCUT2D eigenvalue weighted by molar-refractivity contribution is -0.124. The number of anilines is 1. The van der Waals surface area contributed by atoms with Gasteiger partial charge in [-0.2, -0.15) is 0 Å². The number of likely N-dealkylation sites (N-methyl/N-ethyl adjacent to an activating group) is 1. The van der Waals surface area contributed by atoms with Crippen molar-refractivity contribution in [3.8, 4) is 5.75 Å². The van der Waals surface area contributed by atoms with Crippen LogP contribution in [0.5, 0.6) is 5.75 Å². The van der Waals surface area contributed by atoms with E-state index in [1.807, 2.05) is 13.1 Å². The van der Waals surface area contributed by atoms with E-state index in [2.05, 4.69) is 0 Å². The highest BCUT2D eigenvalue weighted by molar-refractivity contribution is 6.07. The minimum absolute atomic E-state index is 0.206. The Hall–Kier alpha value is -1.51. The van der Waals surface area contributed by atoms with Crippen LogP contribution in [-0.4, -0.2) is 18.1 Å². The maximum absolute atomic E-state index is 12.5. The van der Waals surface area contributed by atoms with E-state index in [-0.39, 0.29) is 17.1 Å². The zero-order valence-electron chi connectivity index (χ0n) is 10.1. The number of fused-ring (bicyclic) bond motifs is 2. The van der Waals surface area contributed by atoms with Crippen LogP contribution in [-0.2, 0) is 10.2 Å². The summed E-state index contributed by atoms with van der Waals surface area (Å²) in [5.41, 5.74) is 1.65. The van der Waals surface area contributed by atoms with Crippen LogP contribution >= 0.6 is 0 Å². The van der Waals surface area contributed by atoms with Gasteiger partial charge in [0.1, 0.15) is 5.75 Å². The molecule has 3 nitrogen and oxygen atoms in total. The van der Waals surface area contributed by atoms with Gasteiger partial charge in [-0.05, 0) is 36.6 Å². The third kappa shape index (κ3) is 1.31. The van der Waals surface area contributed by atoms with E-state index in [4.69, 9.17) is 0 Å². The maximum atomic E-state index is 12.5. The number of carbonyl (C=O) groups is 1. The van der Waals surface area contributed by atoms with Crippen LogP contribution < -0.4 is 4.90 Å².